The average Bonchev–Trinajstić information content (AvgIpc) is 3.45. The maximum Gasteiger partial charge on any atom is 0.226 e. The minimum atomic E-state index is -1.20. The van der Waals surface area contributed by atoms with Crippen molar-refractivity contribution in [3.05, 3.63) is 23.7 Å². The largest absolute Gasteiger partial charge is 0.390 e. The summed E-state index contributed by atoms with van der Waals surface area (Å²) in [5.74, 6) is -0.0759. The minimum Gasteiger partial charge on any atom is -0.390 e. The molecule has 6 N–H and O–H groups in total. The van der Waals surface area contributed by atoms with Crippen LogP contribution in [0.25, 0.3) is 20.8 Å². The zero-order valence-electron chi connectivity index (χ0n) is 20.6. The predicted octanol–water partition coefficient (Wildman–Crippen LogP) is 2.78. The van der Waals surface area contributed by atoms with Gasteiger partial charge in [0, 0.05) is 17.7 Å². The lowest BCUT2D eigenvalue weighted by Gasteiger charge is -2.24. The van der Waals surface area contributed by atoms with E-state index in [4.69, 9.17) is 10.7 Å². The average molecular weight is 534 g/mol. The second kappa shape index (κ2) is 9.70. The van der Waals surface area contributed by atoms with Gasteiger partial charge < -0.3 is 26.6 Å². The molecule has 0 unspecified atom stereocenters. The fourth-order valence-electron chi connectivity index (χ4n) is 4.67. The molecule has 10 nitrogen and oxygen atoms in total. The molecule has 3 heterocycles. The lowest BCUT2D eigenvalue weighted by atomic mass is 10.0. The molecule has 4 atom stereocenters. The number of hydrogen-bond donors (Lipinski definition) is 5. The van der Waals surface area contributed by atoms with Crippen molar-refractivity contribution in [2.45, 2.75) is 76.7 Å². The van der Waals surface area contributed by atoms with Gasteiger partial charge in [0.2, 0.25) is 11.9 Å². The number of fused-ring (bicyclic) bond motifs is 1. The third kappa shape index (κ3) is 5.10. The van der Waals surface area contributed by atoms with Crippen molar-refractivity contribution in [2.24, 2.45) is 5.92 Å². The Morgan fingerprint density at radius 2 is 1.89 bits per heavy atom. The van der Waals surface area contributed by atoms with Crippen LogP contribution < -0.4 is 16.4 Å². The zero-order chi connectivity index (χ0) is 25.1. The van der Waals surface area contributed by atoms with Crippen molar-refractivity contribution in [1.82, 2.24) is 25.3 Å². The first-order valence-corrected chi connectivity index (χ1v) is 12.7. The van der Waals surface area contributed by atoms with Gasteiger partial charge in [-0.25, -0.2) is 9.97 Å². The highest BCUT2D eigenvalue weighted by atomic mass is 35.5. The fourth-order valence-corrected chi connectivity index (χ4v) is 5.73. The van der Waals surface area contributed by atoms with Gasteiger partial charge >= 0.3 is 0 Å². The number of carbonyl (C=O) groups is 1. The Hall–Kier alpha value is -2.60. The number of hydrogen-bond acceptors (Lipinski definition) is 10. The molecule has 36 heavy (non-hydrogen) atoms. The number of pyridine rings is 1. The number of nitrogens with one attached hydrogen (secondary N) is 2. The number of carbonyl (C=O) groups excluding carboxylic acids is 1. The van der Waals surface area contributed by atoms with Gasteiger partial charge in [-0.05, 0) is 53.0 Å². The van der Waals surface area contributed by atoms with Crippen LogP contribution in [0.15, 0.2) is 12.3 Å². The highest BCUT2D eigenvalue weighted by Crippen LogP contribution is 2.44. The van der Waals surface area contributed by atoms with Gasteiger partial charge in [0.1, 0.15) is 22.4 Å². The van der Waals surface area contributed by atoms with E-state index < -0.39 is 29.7 Å². The molecule has 2 aliphatic rings. The van der Waals surface area contributed by atoms with Crippen molar-refractivity contribution in [1.29, 1.82) is 0 Å². The maximum absolute atomic E-state index is 12.7. The normalized spacial score (nSPS) is 23.9. The lowest BCUT2D eigenvalue weighted by molar-refractivity contribution is -0.130. The van der Waals surface area contributed by atoms with Gasteiger partial charge in [0.15, 0.2) is 0 Å². The van der Waals surface area contributed by atoms with E-state index in [-0.39, 0.29) is 30.7 Å². The van der Waals surface area contributed by atoms with Crippen LogP contribution in [0.5, 0.6) is 0 Å². The van der Waals surface area contributed by atoms with Gasteiger partial charge in [-0.1, -0.05) is 0 Å². The van der Waals surface area contributed by atoms with Crippen molar-refractivity contribution in [3.63, 3.8) is 0 Å². The van der Waals surface area contributed by atoms with Crippen LogP contribution in [0.1, 0.15) is 57.3 Å². The molecule has 1 amide bonds. The monoisotopic (exact) mass is 533 g/mol. The van der Waals surface area contributed by atoms with Gasteiger partial charge in [-0.15, -0.1) is 23.7 Å². The van der Waals surface area contributed by atoms with Crippen molar-refractivity contribution in [2.75, 3.05) is 11.1 Å². The molecular formula is C24H32ClN7O3S. The molecule has 3 aromatic rings. The Labute approximate surface area is 219 Å². The Morgan fingerprint density at radius 1 is 1.17 bits per heavy atom. The third-order valence-electron chi connectivity index (χ3n) is 6.46. The molecule has 0 aliphatic heterocycles. The summed E-state index contributed by atoms with van der Waals surface area (Å²) >= 11 is 1.53. The van der Waals surface area contributed by atoms with E-state index >= 15 is 0 Å². The Balaban J connectivity index is 0.00000304. The van der Waals surface area contributed by atoms with E-state index in [1.54, 1.807) is 0 Å². The summed E-state index contributed by atoms with van der Waals surface area (Å²) in [5.41, 5.74) is 8.78. The van der Waals surface area contributed by atoms with E-state index in [0.29, 0.717) is 23.0 Å². The second-order valence-electron chi connectivity index (χ2n) is 10.5. The first-order chi connectivity index (χ1) is 16.5. The van der Waals surface area contributed by atoms with Crippen molar-refractivity contribution in [3.8, 4) is 10.6 Å². The van der Waals surface area contributed by atoms with E-state index in [0.717, 1.165) is 33.8 Å². The molecule has 2 saturated carbocycles. The standard InChI is InChI=1S/C24H31N7O3S.ClH/c1-10-15(22-29-17-14(35-22)7-8-26-16(17)11-5-6-11)20(30-23(25)27-10)28-13-9-12(18(32)19(13)33)21(34)31-24(2,3)4;/h7-8,11-13,18-19,32-33H,5-6,9H2,1-4H3,(H,31,34)(H3,25,27,28,30);1H/t12-,13+,18+,19-;/m0./s1. The number of rotatable bonds is 5. The third-order valence-corrected chi connectivity index (χ3v) is 7.50. The summed E-state index contributed by atoms with van der Waals surface area (Å²) in [7, 11) is 0. The number of amides is 1. The number of halogens is 1. The topological polar surface area (TPSA) is 159 Å². The first kappa shape index (κ1) is 26.5. The molecular weight excluding hydrogens is 502 g/mol. The second-order valence-corrected chi connectivity index (χ2v) is 11.6. The van der Waals surface area contributed by atoms with Crippen molar-refractivity contribution >= 4 is 51.6 Å². The molecule has 5 rings (SSSR count). The number of aromatic nitrogens is 4. The summed E-state index contributed by atoms with van der Waals surface area (Å²) in [6.45, 7) is 7.46. The lowest BCUT2D eigenvalue weighted by Crippen LogP contribution is -2.46. The summed E-state index contributed by atoms with van der Waals surface area (Å²) in [6.07, 6.45) is 1.96. The Bertz CT molecular complexity index is 1290. The van der Waals surface area contributed by atoms with Gasteiger partial charge in [0.05, 0.1) is 39.7 Å². The van der Waals surface area contributed by atoms with Crippen LogP contribution >= 0.6 is 23.7 Å². The number of anilines is 2. The highest BCUT2D eigenvalue weighted by molar-refractivity contribution is 7.21. The van der Waals surface area contributed by atoms with E-state index in [1.165, 1.54) is 11.3 Å². The molecule has 0 aromatic carbocycles. The summed E-state index contributed by atoms with van der Waals surface area (Å²) in [6, 6.07) is 1.35. The van der Waals surface area contributed by atoms with E-state index in [9.17, 15) is 15.0 Å². The summed E-state index contributed by atoms with van der Waals surface area (Å²) < 4.78 is 1.04. The van der Waals surface area contributed by atoms with Gasteiger partial charge in [0.25, 0.3) is 0 Å². The molecule has 0 spiro atoms. The zero-order valence-corrected chi connectivity index (χ0v) is 22.3. The number of nitrogens with two attached hydrogens (primary N) is 1. The van der Waals surface area contributed by atoms with Crippen molar-refractivity contribution < 1.29 is 15.0 Å². The van der Waals surface area contributed by atoms with E-state index in [2.05, 4.69) is 25.6 Å². The molecule has 0 radical (unpaired) electrons. The van der Waals surface area contributed by atoms with Gasteiger partial charge in [-0.2, -0.15) is 4.98 Å². The van der Waals surface area contributed by atoms with Crippen LogP contribution in [0.4, 0.5) is 11.8 Å². The Kier molecular flexibility index (Phi) is 7.13. The first-order valence-electron chi connectivity index (χ1n) is 11.9. The molecule has 2 aliphatic carbocycles. The molecule has 3 aromatic heterocycles. The summed E-state index contributed by atoms with van der Waals surface area (Å²) in [4.78, 5) is 31.0. The smallest absolute Gasteiger partial charge is 0.226 e. The van der Waals surface area contributed by atoms with Gasteiger partial charge in [-0.3, -0.25) is 9.78 Å². The number of aliphatic hydroxyl groups is 2. The van der Waals surface area contributed by atoms with E-state index in [1.807, 2.05) is 40.0 Å². The van der Waals surface area contributed by atoms with Crippen LogP contribution in [0.2, 0.25) is 0 Å². The molecule has 12 heteroatoms. The Morgan fingerprint density at radius 3 is 2.56 bits per heavy atom. The maximum atomic E-state index is 12.7. The molecule has 2 fully saturated rings. The molecule has 194 valence electrons. The molecule has 0 saturated heterocycles. The van der Waals surface area contributed by atoms with Crippen LogP contribution in [0, 0.1) is 12.8 Å². The van der Waals surface area contributed by atoms with Crippen LogP contribution in [-0.4, -0.2) is 59.8 Å². The van der Waals surface area contributed by atoms with Crippen LogP contribution in [0.3, 0.4) is 0 Å². The molecule has 0 bridgehead atoms. The number of aliphatic hydroxyl groups excluding tert-OH is 2. The quantitative estimate of drug-likeness (QED) is 0.332. The number of nitrogens with zero attached hydrogens (tertiary/aromatic N) is 4. The summed E-state index contributed by atoms with van der Waals surface area (Å²) in [5, 5.41) is 28.3. The number of aryl methyl sites for hydroxylation is 1. The predicted molar refractivity (Wildman–Crippen MR) is 142 cm³/mol. The minimum absolute atomic E-state index is 0. The SMILES string of the molecule is Cc1nc(N)nc(N[C@@H]2C[C@H](C(=O)NC(C)(C)C)[C@@H](O)[C@H]2O)c1-c1nc2c(C3CC3)nccc2s1.Cl. The fraction of sp³-hybridized carbons (Fsp3) is 0.542. The highest BCUT2D eigenvalue weighted by Gasteiger charge is 2.46. The number of thiazole rings is 1. The van der Waals surface area contributed by atoms with Crippen LogP contribution in [-0.2, 0) is 4.79 Å². The number of nitrogen functional groups attached to an aromatic ring is 1.